The standard InChI is InChI=1S/C14H11IN2O/c1-8-2-4-11-12(6-8)17-14(16-11)9-3-5-13(18)10(15)7-9/h2-7,18H,1H3,(H,16,17). The Bertz CT molecular complexity index is 734. The molecule has 0 saturated carbocycles. The summed E-state index contributed by atoms with van der Waals surface area (Å²) in [6.45, 7) is 2.06. The molecule has 0 aliphatic carbocycles. The lowest BCUT2D eigenvalue weighted by Crippen LogP contribution is -1.82. The van der Waals surface area contributed by atoms with Crippen molar-refractivity contribution in [2.75, 3.05) is 0 Å². The van der Waals surface area contributed by atoms with Gasteiger partial charge in [0, 0.05) is 5.56 Å². The second kappa shape index (κ2) is 4.28. The zero-order valence-electron chi connectivity index (χ0n) is 9.74. The number of aromatic amines is 1. The Balaban J connectivity index is 2.16. The maximum atomic E-state index is 9.53. The van der Waals surface area contributed by atoms with Crippen LogP contribution in [0, 0.1) is 10.5 Å². The molecule has 1 heterocycles. The van der Waals surface area contributed by atoms with Gasteiger partial charge < -0.3 is 10.1 Å². The van der Waals surface area contributed by atoms with Gasteiger partial charge in [-0.25, -0.2) is 4.98 Å². The Morgan fingerprint density at radius 2 is 2.00 bits per heavy atom. The number of nitrogens with one attached hydrogen (secondary N) is 1. The molecular formula is C14H11IN2O. The number of hydrogen-bond donors (Lipinski definition) is 2. The van der Waals surface area contributed by atoms with Gasteiger partial charge in [0.1, 0.15) is 11.6 Å². The molecule has 4 heteroatoms. The average molecular weight is 350 g/mol. The van der Waals surface area contributed by atoms with Crippen LogP contribution in [0.25, 0.3) is 22.4 Å². The minimum Gasteiger partial charge on any atom is -0.507 e. The van der Waals surface area contributed by atoms with Crippen molar-refractivity contribution in [3.8, 4) is 17.1 Å². The van der Waals surface area contributed by atoms with E-state index in [1.807, 2.05) is 24.3 Å². The third-order valence-corrected chi connectivity index (χ3v) is 3.72. The van der Waals surface area contributed by atoms with Crippen molar-refractivity contribution < 1.29 is 5.11 Å². The number of H-pyrrole nitrogens is 1. The summed E-state index contributed by atoms with van der Waals surface area (Å²) in [7, 11) is 0. The number of aromatic hydroxyl groups is 1. The van der Waals surface area contributed by atoms with Crippen molar-refractivity contribution in [2.45, 2.75) is 6.92 Å². The van der Waals surface area contributed by atoms with Crippen molar-refractivity contribution in [1.82, 2.24) is 9.97 Å². The highest BCUT2D eigenvalue weighted by Crippen LogP contribution is 2.27. The second-order valence-corrected chi connectivity index (χ2v) is 5.43. The molecule has 0 atom stereocenters. The van der Waals surface area contributed by atoms with E-state index in [2.05, 4.69) is 45.5 Å². The van der Waals surface area contributed by atoms with Crippen LogP contribution in [0.4, 0.5) is 0 Å². The third-order valence-electron chi connectivity index (χ3n) is 2.86. The molecular weight excluding hydrogens is 339 g/mol. The zero-order valence-corrected chi connectivity index (χ0v) is 11.9. The van der Waals surface area contributed by atoms with Gasteiger partial charge in [-0.1, -0.05) is 6.07 Å². The molecule has 0 amide bonds. The number of phenols is 1. The van der Waals surface area contributed by atoms with Crippen LogP contribution in [0.5, 0.6) is 5.75 Å². The fourth-order valence-electron chi connectivity index (χ4n) is 1.91. The molecule has 0 fully saturated rings. The maximum absolute atomic E-state index is 9.53. The fraction of sp³-hybridized carbons (Fsp3) is 0.0714. The van der Waals surface area contributed by atoms with Gasteiger partial charge in [-0.05, 0) is 65.4 Å². The van der Waals surface area contributed by atoms with Crippen molar-refractivity contribution in [3.05, 3.63) is 45.5 Å². The number of benzene rings is 2. The zero-order chi connectivity index (χ0) is 12.7. The Kier molecular flexibility index (Phi) is 2.74. The summed E-state index contributed by atoms with van der Waals surface area (Å²) in [5.41, 5.74) is 4.18. The first-order chi connectivity index (χ1) is 8.63. The summed E-state index contributed by atoms with van der Waals surface area (Å²) in [6, 6.07) is 11.6. The number of halogens is 1. The molecule has 0 saturated heterocycles. The topological polar surface area (TPSA) is 48.9 Å². The predicted molar refractivity (Wildman–Crippen MR) is 80.6 cm³/mol. The number of aryl methyl sites for hydroxylation is 1. The monoisotopic (exact) mass is 350 g/mol. The maximum Gasteiger partial charge on any atom is 0.138 e. The van der Waals surface area contributed by atoms with Gasteiger partial charge in [-0.3, -0.25) is 0 Å². The molecule has 90 valence electrons. The number of phenolic OH excluding ortho intramolecular Hbond substituents is 1. The van der Waals surface area contributed by atoms with Crippen LogP contribution in [-0.2, 0) is 0 Å². The van der Waals surface area contributed by atoms with E-state index < -0.39 is 0 Å². The lowest BCUT2D eigenvalue weighted by molar-refractivity contribution is 0.471. The Morgan fingerprint density at radius 1 is 1.17 bits per heavy atom. The summed E-state index contributed by atoms with van der Waals surface area (Å²) in [5.74, 6) is 1.12. The number of imidazole rings is 1. The van der Waals surface area contributed by atoms with Crippen LogP contribution in [0.2, 0.25) is 0 Å². The normalized spacial score (nSPS) is 11.0. The molecule has 2 aromatic carbocycles. The van der Waals surface area contributed by atoms with E-state index in [9.17, 15) is 5.11 Å². The highest BCUT2D eigenvalue weighted by atomic mass is 127. The van der Waals surface area contributed by atoms with Gasteiger partial charge in [0.25, 0.3) is 0 Å². The van der Waals surface area contributed by atoms with Gasteiger partial charge in [-0.2, -0.15) is 0 Å². The molecule has 3 rings (SSSR count). The first kappa shape index (κ1) is 11.5. The van der Waals surface area contributed by atoms with Crippen LogP contribution < -0.4 is 0 Å². The minimum absolute atomic E-state index is 0.298. The largest absolute Gasteiger partial charge is 0.507 e. The van der Waals surface area contributed by atoms with Gasteiger partial charge in [0.15, 0.2) is 0 Å². The van der Waals surface area contributed by atoms with E-state index in [4.69, 9.17) is 0 Å². The molecule has 0 spiro atoms. The third kappa shape index (κ3) is 1.96. The molecule has 0 radical (unpaired) electrons. The molecule has 2 N–H and O–H groups in total. The lowest BCUT2D eigenvalue weighted by atomic mass is 10.2. The molecule has 0 unspecified atom stereocenters. The molecule has 0 aliphatic heterocycles. The van der Waals surface area contributed by atoms with E-state index in [1.165, 1.54) is 5.56 Å². The van der Waals surface area contributed by atoms with Gasteiger partial charge in [-0.15, -0.1) is 0 Å². The fourth-order valence-corrected chi connectivity index (χ4v) is 2.43. The van der Waals surface area contributed by atoms with E-state index in [-0.39, 0.29) is 0 Å². The van der Waals surface area contributed by atoms with Crippen LogP contribution in [-0.4, -0.2) is 15.1 Å². The minimum atomic E-state index is 0.298. The van der Waals surface area contributed by atoms with E-state index in [0.717, 1.165) is 26.0 Å². The molecule has 3 nitrogen and oxygen atoms in total. The van der Waals surface area contributed by atoms with Gasteiger partial charge >= 0.3 is 0 Å². The first-order valence-electron chi connectivity index (χ1n) is 5.59. The molecule has 0 aliphatic rings. The Labute approximate surface area is 118 Å². The Morgan fingerprint density at radius 3 is 2.78 bits per heavy atom. The molecule has 1 aromatic heterocycles. The van der Waals surface area contributed by atoms with Crippen LogP contribution >= 0.6 is 22.6 Å². The smallest absolute Gasteiger partial charge is 0.138 e. The van der Waals surface area contributed by atoms with Crippen molar-refractivity contribution >= 4 is 33.6 Å². The SMILES string of the molecule is Cc1ccc2nc(-c3ccc(O)c(I)c3)[nH]c2c1. The number of nitrogens with zero attached hydrogens (tertiary/aromatic N) is 1. The summed E-state index contributed by atoms with van der Waals surface area (Å²) in [6.07, 6.45) is 0. The van der Waals surface area contributed by atoms with Crippen LogP contribution in [0.3, 0.4) is 0 Å². The number of aromatic nitrogens is 2. The van der Waals surface area contributed by atoms with Crippen molar-refractivity contribution in [1.29, 1.82) is 0 Å². The van der Waals surface area contributed by atoms with Crippen molar-refractivity contribution in [3.63, 3.8) is 0 Å². The van der Waals surface area contributed by atoms with Crippen LogP contribution in [0.1, 0.15) is 5.56 Å². The molecule has 3 aromatic rings. The van der Waals surface area contributed by atoms with Crippen LogP contribution in [0.15, 0.2) is 36.4 Å². The first-order valence-corrected chi connectivity index (χ1v) is 6.66. The predicted octanol–water partition coefficient (Wildman–Crippen LogP) is 3.85. The second-order valence-electron chi connectivity index (χ2n) is 4.27. The quantitative estimate of drug-likeness (QED) is 0.655. The number of rotatable bonds is 1. The lowest BCUT2D eigenvalue weighted by Gasteiger charge is -1.99. The van der Waals surface area contributed by atoms with Gasteiger partial charge in [0.05, 0.1) is 14.6 Å². The molecule has 0 bridgehead atoms. The summed E-state index contributed by atoms with van der Waals surface area (Å²) in [4.78, 5) is 7.86. The van der Waals surface area contributed by atoms with Gasteiger partial charge in [0.2, 0.25) is 0 Å². The summed E-state index contributed by atoms with van der Waals surface area (Å²) < 4.78 is 0.821. The highest BCUT2D eigenvalue weighted by molar-refractivity contribution is 14.1. The van der Waals surface area contributed by atoms with E-state index in [1.54, 1.807) is 6.07 Å². The Hall–Kier alpha value is -1.56. The van der Waals surface area contributed by atoms with E-state index in [0.29, 0.717) is 5.75 Å². The average Bonchev–Trinajstić information content (AvgIpc) is 2.75. The number of hydrogen-bond acceptors (Lipinski definition) is 2. The van der Waals surface area contributed by atoms with Crippen molar-refractivity contribution in [2.24, 2.45) is 0 Å². The number of fused-ring (bicyclic) bond motifs is 1. The summed E-state index contributed by atoms with van der Waals surface area (Å²) in [5, 5.41) is 9.53. The highest BCUT2D eigenvalue weighted by Gasteiger charge is 2.07. The van der Waals surface area contributed by atoms with E-state index >= 15 is 0 Å². The summed E-state index contributed by atoms with van der Waals surface area (Å²) >= 11 is 2.11. The molecule has 18 heavy (non-hydrogen) atoms.